The minimum absolute atomic E-state index is 0.108. The molecule has 8 heteroatoms. The first-order valence-corrected chi connectivity index (χ1v) is 14.5. The first-order valence-electron chi connectivity index (χ1n) is 14.5. The topological polar surface area (TPSA) is 65.4 Å². The second-order valence-corrected chi connectivity index (χ2v) is 10.9. The van der Waals surface area contributed by atoms with Crippen LogP contribution in [0, 0.1) is 12.8 Å². The van der Waals surface area contributed by atoms with Crippen LogP contribution in [0.5, 0.6) is 5.75 Å². The number of rotatable bonds is 11. The molecule has 1 N–H and O–H groups in total. The average Bonchev–Trinajstić information content (AvgIpc) is 3.10. The third-order valence-corrected chi connectivity index (χ3v) is 7.69. The number of carbonyl (C=O) groups excluding carboxylic acids is 1. The van der Waals surface area contributed by atoms with Crippen molar-refractivity contribution in [3.63, 3.8) is 0 Å². The summed E-state index contributed by atoms with van der Waals surface area (Å²) in [6.45, 7) is 2.87. The fourth-order valence-electron chi connectivity index (χ4n) is 5.43. The first kappa shape index (κ1) is 29.5. The molecule has 0 bridgehead atoms. The van der Waals surface area contributed by atoms with E-state index < -0.39 is 6.61 Å². The Hall–Kier alpha value is -4.04. The van der Waals surface area contributed by atoms with Crippen LogP contribution in [0.25, 0.3) is 23.2 Å². The molecular weight excluding hydrogens is 536 g/mol. The van der Waals surface area contributed by atoms with Crippen molar-refractivity contribution in [2.24, 2.45) is 5.92 Å². The predicted molar refractivity (Wildman–Crippen MR) is 163 cm³/mol. The molecular formula is C34H37F2N3O3. The van der Waals surface area contributed by atoms with Gasteiger partial charge in [-0.25, -0.2) is 4.98 Å². The Labute approximate surface area is 245 Å². The van der Waals surface area contributed by atoms with Crippen molar-refractivity contribution in [1.29, 1.82) is 0 Å². The molecule has 2 aliphatic rings. The molecule has 1 unspecified atom stereocenters. The van der Waals surface area contributed by atoms with Crippen LogP contribution in [-0.2, 0) is 4.74 Å². The summed E-state index contributed by atoms with van der Waals surface area (Å²) in [5.41, 5.74) is 6.51. The third-order valence-electron chi connectivity index (χ3n) is 7.69. The molecule has 5 rings (SSSR count). The number of aryl methyl sites for hydroxylation is 1. The number of aromatic nitrogens is 2. The summed E-state index contributed by atoms with van der Waals surface area (Å²) >= 11 is 0. The quantitative estimate of drug-likeness (QED) is 0.184. The van der Waals surface area contributed by atoms with E-state index in [0.717, 1.165) is 78.5 Å². The van der Waals surface area contributed by atoms with Gasteiger partial charge in [-0.1, -0.05) is 30.7 Å². The molecule has 0 fully saturated rings. The smallest absolute Gasteiger partial charge is 0.387 e. The molecule has 6 nitrogen and oxygen atoms in total. The highest BCUT2D eigenvalue weighted by molar-refractivity contribution is 5.98. The zero-order valence-electron chi connectivity index (χ0n) is 24.1. The van der Waals surface area contributed by atoms with Crippen LogP contribution in [0.3, 0.4) is 0 Å². The number of nitrogens with zero attached hydrogens (tertiary/aromatic N) is 2. The van der Waals surface area contributed by atoms with Crippen molar-refractivity contribution in [1.82, 2.24) is 9.55 Å². The summed E-state index contributed by atoms with van der Waals surface area (Å²) in [4.78, 5) is 17.8. The number of Topliss-reactive ketones (excluding diaryl/α,β-unsaturated/α-hetero) is 1. The maximum Gasteiger partial charge on any atom is 0.387 e. The van der Waals surface area contributed by atoms with Crippen LogP contribution in [0.1, 0.15) is 67.2 Å². The second-order valence-electron chi connectivity index (χ2n) is 10.9. The van der Waals surface area contributed by atoms with Gasteiger partial charge >= 0.3 is 6.61 Å². The van der Waals surface area contributed by atoms with Crippen molar-refractivity contribution >= 4 is 23.4 Å². The summed E-state index contributed by atoms with van der Waals surface area (Å²) in [6.07, 6.45) is 15.4. The fraction of sp³-hybridized carbons (Fsp3) is 0.353. The number of alkyl halides is 2. The van der Waals surface area contributed by atoms with Gasteiger partial charge in [-0.3, -0.25) is 9.36 Å². The molecule has 2 aliphatic heterocycles. The SMILES string of the molecule is Cc1cc(NC2=CCC=Cn3c(-c4ccc(OC(F)F)cc4)cnc32)ccc1C(=O)CC(C)CCC1=CCCOCC1. The molecule has 0 amide bonds. The van der Waals surface area contributed by atoms with Gasteiger partial charge in [0.05, 0.1) is 30.8 Å². The number of benzene rings is 2. The van der Waals surface area contributed by atoms with Crippen molar-refractivity contribution in [2.75, 3.05) is 18.5 Å². The van der Waals surface area contributed by atoms with Gasteiger partial charge in [0.1, 0.15) is 5.75 Å². The van der Waals surface area contributed by atoms with Crippen molar-refractivity contribution < 1.29 is 23.0 Å². The van der Waals surface area contributed by atoms with Crippen molar-refractivity contribution in [2.45, 2.75) is 59.0 Å². The van der Waals surface area contributed by atoms with Crippen LogP contribution in [0.4, 0.5) is 14.5 Å². The maximum absolute atomic E-state index is 13.2. The summed E-state index contributed by atoms with van der Waals surface area (Å²) in [5.74, 6) is 1.32. The minimum Gasteiger partial charge on any atom is -0.435 e. The molecule has 0 saturated carbocycles. The number of carbonyl (C=O) groups is 1. The van der Waals surface area contributed by atoms with E-state index >= 15 is 0 Å². The number of hydrogen-bond acceptors (Lipinski definition) is 5. The zero-order chi connectivity index (χ0) is 29.5. The number of ether oxygens (including phenoxy) is 2. The van der Waals surface area contributed by atoms with E-state index in [1.54, 1.807) is 18.3 Å². The molecule has 1 aromatic heterocycles. The number of imidazole rings is 1. The van der Waals surface area contributed by atoms with Crippen molar-refractivity contribution in [3.8, 4) is 17.0 Å². The molecule has 0 saturated heterocycles. The van der Waals surface area contributed by atoms with Crippen LogP contribution in [0.15, 0.2) is 72.5 Å². The molecule has 2 aromatic carbocycles. The van der Waals surface area contributed by atoms with Gasteiger partial charge in [-0.05, 0) is 93.0 Å². The Morgan fingerprint density at radius 3 is 2.76 bits per heavy atom. The number of nitrogens with one attached hydrogen (secondary N) is 1. The van der Waals surface area contributed by atoms with E-state index in [0.29, 0.717) is 18.8 Å². The van der Waals surface area contributed by atoms with E-state index in [1.165, 1.54) is 17.7 Å². The van der Waals surface area contributed by atoms with Gasteiger partial charge in [0.2, 0.25) is 0 Å². The lowest BCUT2D eigenvalue weighted by Gasteiger charge is -2.15. The number of fused-ring (bicyclic) bond motifs is 1. The lowest BCUT2D eigenvalue weighted by Crippen LogP contribution is -2.09. The molecule has 0 radical (unpaired) electrons. The number of anilines is 1. The Balaban J connectivity index is 1.24. The van der Waals surface area contributed by atoms with Crippen LogP contribution >= 0.6 is 0 Å². The van der Waals surface area contributed by atoms with E-state index in [1.807, 2.05) is 42.0 Å². The Bertz CT molecular complexity index is 1490. The third kappa shape index (κ3) is 7.42. The minimum atomic E-state index is -2.86. The van der Waals surface area contributed by atoms with E-state index in [4.69, 9.17) is 4.74 Å². The van der Waals surface area contributed by atoms with Gasteiger partial charge in [-0.15, -0.1) is 0 Å². The van der Waals surface area contributed by atoms with Gasteiger partial charge in [0, 0.05) is 29.4 Å². The molecule has 220 valence electrons. The second kappa shape index (κ2) is 13.7. The van der Waals surface area contributed by atoms with Crippen LogP contribution in [-0.4, -0.2) is 35.2 Å². The Morgan fingerprint density at radius 1 is 1.14 bits per heavy atom. The summed E-state index contributed by atoms with van der Waals surface area (Å²) in [5, 5.41) is 3.49. The van der Waals surface area contributed by atoms with Crippen LogP contribution < -0.4 is 10.1 Å². The lowest BCUT2D eigenvalue weighted by atomic mass is 9.91. The normalized spacial score (nSPS) is 15.7. The summed E-state index contributed by atoms with van der Waals surface area (Å²) < 4.78 is 37.1. The fourth-order valence-corrected chi connectivity index (χ4v) is 5.43. The number of ketones is 1. The highest BCUT2D eigenvalue weighted by atomic mass is 19.3. The maximum atomic E-state index is 13.2. The monoisotopic (exact) mass is 573 g/mol. The van der Waals surface area contributed by atoms with E-state index in [-0.39, 0.29) is 11.5 Å². The standard InChI is InChI=1S/C34H37F2N3O3/c1-23(8-9-25-6-5-18-41-19-16-25)20-32(40)29-15-12-27(21-24(29)2)38-30-7-3-4-17-39-31(22-37-33(30)39)26-10-13-28(14-11-26)42-34(35)36/h4,6-7,10-15,17,21-23,34,38H,3,5,8-9,16,18-20H2,1-2H3. The molecule has 3 aromatic rings. The summed E-state index contributed by atoms with van der Waals surface area (Å²) in [7, 11) is 0. The Kier molecular flexibility index (Phi) is 9.64. The molecule has 0 spiro atoms. The number of allylic oxidation sites excluding steroid dienone is 2. The number of hydrogen-bond donors (Lipinski definition) is 1. The van der Waals surface area contributed by atoms with Gasteiger partial charge < -0.3 is 14.8 Å². The van der Waals surface area contributed by atoms with E-state index in [9.17, 15) is 13.6 Å². The lowest BCUT2D eigenvalue weighted by molar-refractivity contribution is -0.0498. The molecule has 1 atom stereocenters. The number of halogens is 2. The largest absolute Gasteiger partial charge is 0.435 e. The van der Waals surface area contributed by atoms with Gasteiger partial charge in [-0.2, -0.15) is 8.78 Å². The average molecular weight is 574 g/mol. The zero-order valence-corrected chi connectivity index (χ0v) is 24.1. The van der Waals surface area contributed by atoms with Crippen molar-refractivity contribution in [3.05, 3.63) is 89.4 Å². The highest BCUT2D eigenvalue weighted by Crippen LogP contribution is 2.30. The molecule has 3 heterocycles. The molecule has 0 aliphatic carbocycles. The Morgan fingerprint density at radius 2 is 1.98 bits per heavy atom. The molecule has 42 heavy (non-hydrogen) atoms. The predicted octanol–water partition coefficient (Wildman–Crippen LogP) is 8.51. The van der Waals surface area contributed by atoms with Crippen LogP contribution in [0.2, 0.25) is 0 Å². The highest BCUT2D eigenvalue weighted by Gasteiger charge is 2.18. The van der Waals surface area contributed by atoms with Gasteiger partial charge in [0.25, 0.3) is 0 Å². The van der Waals surface area contributed by atoms with Gasteiger partial charge in [0.15, 0.2) is 11.6 Å². The summed E-state index contributed by atoms with van der Waals surface area (Å²) in [6, 6.07) is 12.4. The van der Waals surface area contributed by atoms with E-state index in [2.05, 4.69) is 34.1 Å². The first-order chi connectivity index (χ1) is 20.4.